The minimum Gasteiger partial charge on any atom is -0.395 e. The van der Waals surface area contributed by atoms with Crippen LogP contribution in [0.1, 0.15) is 0 Å². The van der Waals surface area contributed by atoms with Crippen LogP contribution in [-0.2, 0) is 0 Å². The van der Waals surface area contributed by atoms with Gasteiger partial charge in [0.15, 0.2) is 11.5 Å². The van der Waals surface area contributed by atoms with Crippen LogP contribution in [0.4, 0.5) is 20.3 Å². The summed E-state index contributed by atoms with van der Waals surface area (Å²) in [5.74, 6) is 0.463. The van der Waals surface area contributed by atoms with Gasteiger partial charge in [-0.3, -0.25) is 0 Å². The van der Waals surface area contributed by atoms with Crippen molar-refractivity contribution in [3.8, 4) is 11.5 Å². The standard InChI is InChI=1S/C12H7ClF2N2O2/c13-10-2-1-3-11(17-10)16-7-4-5-8-9(6-7)19-12(14,15)18-8/h1-6H,(H,16,17). The van der Waals surface area contributed by atoms with Crippen LogP contribution in [0, 0.1) is 0 Å². The van der Waals surface area contributed by atoms with Gasteiger partial charge in [0.05, 0.1) is 0 Å². The molecule has 2 aromatic rings. The monoisotopic (exact) mass is 284 g/mol. The van der Waals surface area contributed by atoms with E-state index in [0.717, 1.165) is 0 Å². The summed E-state index contributed by atoms with van der Waals surface area (Å²) in [4.78, 5) is 4.02. The number of aromatic nitrogens is 1. The zero-order chi connectivity index (χ0) is 13.5. The summed E-state index contributed by atoms with van der Waals surface area (Å²) in [5, 5.41) is 3.26. The van der Waals surface area contributed by atoms with Crippen molar-refractivity contribution in [2.45, 2.75) is 6.29 Å². The summed E-state index contributed by atoms with van der Waals surface area (Å²) in [6, 6.07) is 9.42. The fraction of sp³-hybridized carbons (Fsp3) is 0.0833. The molecule has 0 bridgehead atoms. The Kier molecular flexibility index (Phi) is 2.67. The number of halogens is 3. The highest BCUT2D eigenvalue weighted by Gasteiger charge is 2.43. The van der Waals surface area contributed by atoms with Gasteiger partial charge in [0, 0.05) is 11.8 Å². The van der Waals surface area contributed by atoms with Crippen LogP contribution in [0.5, 0.6) is 11.5 Å². The lowest BCUT2D eigenvalue weighted by Crippen LogP contribution is -2.25. The fourth-order valence-corrected chi connectivity index (χ4v) is 1.82. The van der Waals surface area contributed by atoms with Crippen LogP contribution in [-0.4, -0.2) is 11.3 Å². The quantitative estimate of drug-likeness (QED) is 0.852. The van der Waals surface area contributed by atoms with E-state index in [-0.39, 0.29) is 11.5 Å². The third-order valence-corrected chi connectivity index (χ3v) is 2.60. The highest BCUT2D eigenvalue weighted by molar-refractivity contribution is 6.29. The zero-order valence-electron chi connectivity index (χ0n) is 9.36. The predicted molar refractivity (Wildman–Crippen MR) is 65.2 cm³/mol. The van der Waals surface area contributed by atoms with Crippen molar-refractivity contribution in [1.82, 2.24) is 4.98 Å². The van der Waals surface area contributed by atoms with Crippen LogP contribution in [0.25, 0.3) is 0 Å². The summed E-state index contributed by atoms with van der Waals surface area (Å²) < 4.78 is 34.4. The SMILES string of the molecule is FC1(F)Oc2ccc(Nc3cccc(Cl)n3)cc2O1. The van der Waals surface area contributed by atoms with E-state index < -0.39 is 6.29 Å². The number of nitrogens with one attached hydrogen (secondary N) is 1. The van der Waals surface area contributed by atoms with Gasteiger partial charge in [-0.05, 0) is 24.3 Å². The lowest BCUT2D eigenvalue weighted by molar-refractivity contribution is -0.286. The maximum absolute atomic E-state index is 12.9. The molecule has 0 radical (unpaired) electrons. The normalized spacial score (nSPS) is 15.3. The van der Waals surface area contributed by atoms with Gasteiger partial charge in [0.25, 0.3) is 0 Å². The number of alkyl halides is 2. The highest BCUT2D eigenvalue weighted by Crippen LogP contribution is 2.42. The Hall–Kier alpha value is -2.08. The molecule has 2 heterocycles. The minimum absolute atomic E-state index is 0.00500. The van der Waals surface area contributed by atoms with Crippen molar-refractivity contribution in [2.24, 2.45) is 0 Å². The second kappa shape index (κ2) is 4.24. The number of pyridine rings is 1. The second-order valence-corrected chi connectivity index (χ2v) is 4.19. The number of ether oxygens (including phenoxy) is 2. The molecule has 1 aliphatic rings. The van der Waals surface area contributed by atoms with Gasteiger partial charge in [0.1, 0.15) is 11.0 Å². The van der Waals surface area contributed by atoms with E-state index in [1.165, 1.54) is 12.1 Å². The molecule has 1 aromatic carbocycles. The van der Waals surface area contributed by atoms with Crippen LogP contribution in [0.15, 0.2) is 36.4 Å². The molecular weight excluding hydrogens is 278 g/mol. The van der Waals surface area contributed by atoms with Crippen molar-refractivity contribution < 1.29 is 18.3 Å². The van der Waals surface area contributed by atoms with Gasteiger partial charge in [-0.15, -0.1) is 8.78 Å². The summed E-state index contributed by atoms with van der Waals surface area (Å²) in [5.41, 5.74) is 0.537. The minimum atomic E-state index is -3.62. The number of rotatable bonds is 2. The number of hydrogen-bond acceptors (Lipinski definition) is 4. The van der Waals surface area contributed by atoms with Crippen molar-refractivity contribution in [2.75, 3.05) is 5.32 Å². The Morgan fingerprint density at radius 2 is 1.89 bits per heavy atom. The molecule has 0 saturated heterocycles. The van der Waals surface area contributed by atoms with Crippen LogP contribution in [0.2, 0.25) is 5.15 Å². The van der Waals surface area contributed by atoms with E-state index in [4.69, 9.17) is 11.6 Å². The van der Waals surface area contributed by atoms with Gasteiger partial charge in [0.2, 0.25) is 0 Å². The zero-order valence-corrected chi connectivity index (χ0v) is 10.1. The smallest absolute Gasteiger partial charge is 0.395 e. The summed E-state index contributed by atoms with van der Waals surface area (Å²) >= 11 is 5.75. The summed E-state index contributed by atoms with van der Waals surface area (Å²) in [6.07, 6.45) is -3.62. The van der Waals surface area contributed by atoms with Gasteiger partial charge in [-0.1, -0.05) is 17.7 Å². The Morgan fingerprint density at radius 1 is 1.11 bits per heavy atom. The topological polar surface area (TPSA) is 43.4 Å². The summed E-state index contributed by atoms with van der Waals surface area (Å²) in [7, 11) is 0. The van der Waals surface area contributed by atoms with Gasteiger partial charge < -0.3 is 14.8 Å². The molecule has 7 heteroatoms. The Morgan fingerprint density at radius 3 is 2.68 bits per heavy atom. The Labute approximate surface area is 111 Å². The van der Waals surface area contributed by atoms with Gasteiger partial charge >= 0.3 is 6.29 Å². The van der Waals surface area contributed by atoms with E-state index in [9.17, 15) is 8.78 Å². The molecule has 0 saturated carbocycles. The highest BCUT2D eigenvalue weighted by atomic mass is 35.5. The molecule has 0 fully saturated rings. The molecule has 1 aromatic heterocycles. The molecule has 3 rings (SSSR count). The molecular formula is C12H7ClF2N2O2. The average molecular weight is 285 g/mol. The molecule has 0 aliphatic carbocycles. The third kappa shape index (κ3) is 2.53. The van der Waals surface area contributed by atoms with E-state index >= 15 is 0 Å². The number of benzene rings is 1. The molecule has 98 valence electrons. The first-order valence-corrected chi connectivity index (χ1v) is 5.69. The molecule has 4 nitrogen and oxygen atoms in total. The first-order valence-electron chi connectivity index (χ1n) is 5.31. The number of nitrogens with zero attached hydrogens (tertiary/aromatic N) is 1. The van der Waals surface area contributed by atoms with Crippen molar-refractivity contribution in [3.63, 3.8) is 0 Å². The maximum atomic E-state index is 12.9. The predicted octanol–water partition coefficient (Wildman–Crippen LogP) is 3.80. The first-order chi connectivity index (χ1) is 9.02. The lowest BCUT2D eigenvalue weighted by Gasteiger charge is -2.06. The van der Waals surface area contributed by atoms with Crippen molar-refractivity contribution >= 4 is 23.1 Å². The van der Waals surface area contributed by atoms with E-state index in [2.05, 4.69) is 19.8 Å². The Balaban J connectivity index is 1.85. The largest absolute Gasteiger partial charge is 0.586 e. The number of hydrogen-bond donors (Lipinski definition) is 1. The van der Waals surface area contributed by atoms with Crippen LogP contribution < -0.4 is 14.8 Å². The molecule has 1 N–H and O–H groups in total. The van der Waals surface area contributed by atoms with Gasteiger partial charge in [-0.25, -0.2) is 4.98 Å². The number of fused-ring (bicyclic) bond motifs is 1. The molecule has 19 heavy (non-hydrogen) atoms. The number of anilines is 2. The fourth-order valence-electron chi connectivity index (χ4n) is 1.65. The van der Waals surface area contributed by atoms with E-state index in [1.54, 1.807) is 24.3 Å². The molecule has 0 amide bonds. The molecule has 0 atom stereocenters. The Bertz CT molecular complexity index is 637. The second-order valence-electron chi connectivity index (χ2n) is 3.80. The molecule has 0 spiro atoms. The average Bonchev–Trinajstić information content (AvgIpc) is 2.62. The van der Waals surface area contributed by atoms with Crippen molar-refractivity contribution in [3.05, 3.63) is 41.6 Å². The van der Waals surface area contributed by atoms with Crippen LogP contribution in [0.3, 0.4) is 0 Å². The third-order valence-electron chi connectivity index (χ3n) is 2.39. The van der Waals surface area contributed by atoms with E-state index in [0.29, 0.717) is 16.7 Å². The molecule has 1 aliphatic heterocycles. The molecule has 0 unspecified atom stereocenters. The first kappa shape index (κ1) is 12.0. The van der Waals surface area contributed by atoms with E-state index in [1.807, 2.05) is 0 Å². The summed E-state index contributed by atoms with van der Waals surface area (Å²) in [6.45, 7) is 0. The van der Waals surface area contributed by atoms with Crippen LogP contribution >= 0.6 is 11.6 Å². The lowest BCUT2D eigenvalue weighted by atomic mass is 10.3. The maximum Gasteiger partial charge on any atom is 0.586 e. The van der Waals surface area contributed by atoms with Crippen molar-refractivity contribution in [1.29, 1.82) is 0 Å². The van der Waals surface area contributed by atoms with Gasteiger partial charge in [-0.2, -0.15) is 0 Å².